The van der Waals surface area contributed by atoms with Gasteiger partial charge < -0.3 is 14.5 Å². The zero-order valence-electron chi connectivity index (χ0n) is 15.3. The lowest BCUT2D eigenvalue weighted by atomic mass is 10.2. The molecule has 2 aromatic rings. The molecule has 148 valence electrons. The van der Waals surface area contributed by atoms with E-state index < -0.39 is 15.9 Å². The molecule has 3 N–H and O–H groups in total. The second-order valence-electron chi connectivity index (χ2n) is 5.75. The Morgan fingerprint density at radius 1 is 1.29 bits per heavy atom. The Bertz CT molecular complexity index is 985. The van der Waals surface area contributed by atoms with E-state index in [4.69, 9.17) is 14.3 Å². The molecule has 0 aliphatic rings. The maximum absolute atomic E-state index is 12.1. The molecule has 2 rings (SSSR count). The molecular formula is C19H21N3O5S. The topological polar surface area (TPSA) is 135 Å². The van der Waals surface area contributed by atoms with E-state index in [0.717, 1.165) is 0 Å². The van der Waals surface area contributed by atoms with E-state index in [0.29, 0.717) is 43.3 Å². The molecule has 9 heteroatoms. The lowest BCUT2D eigenvalue weighted by Crippen LogP contribution is -2.26. The number of rotatable bonds is 9. The number of nitrogens with one attached hydrogen (secondary N) is 1. The van der Waals surface area contributed by atoms with Crippen molar-refractivity contribution in [2.45, 2.75) is 18.2 Å². The minimum absolute atomic E-state index is 0.00398. The molecule has 0 atom stereocenters. The molecule has 0 unspecified atom stereocenters. The van der Waals surface area contributed by atoms with Crippen molar-refractivity contribution in [2.75, 3.05) is 19.8 Å². The van der Waals surface area contributed by atoms with Gasteiger partial charge >= 0.3 is 0 Å². The number of hydrogen-bond acceptors (Lipinski definition) is 6. The number of nitriles is 1. The van der Waals surface area contributed by atoms with E-state index >= 15 is 0 Å². The molecule has 0 saturated carbocycles. The second-order valence-corrected chi connectivity index (χ2v) is 7.31. The van der Waals surface area contributed by atoms with Crippen molar-refractivity contribution < 1.29 is 22.4 Å². The number of carbonyl (C=O) groups excluding carboxylic acids is 1. The van der Waals surface area contributed by atoms with Crippen LogP contribution in [0.3, 0.4) is 0 Å². The first-order valence-corrected chi connectivity index (χ1v) is 10.1. The Kier molecular flexibility index (Phi) is 7.52. The highest BCUT2D eigenvalue weighted by Gasteiger charge is 2.12. The number of furan rings is 1. The number of primary sulfonamides is 1. The Labute approximate surface area is 163 Å². The number of carbonyl (C=O) groups is 1. The molecule has 28 heavy (non-hydrogen) atoms. The van der Waals surface area contributed by atoms with Crippen LogP contribution in [0.4, 0.5) is 0 Å². The van der Waals surface area contributed by atoms with E-state index in [1.807, 2.05) is 13.0 Å². The van der Waals surface area contributed by atoms with Gasteiger partial charge in [0.2, 0.25) is 10.0 Å². The van der Waals surface area contributed by atoms with Gasteiger partial charge in [0.1, 0.15) is 23.2 Å². The van der Waals surface area contributed by atoms with E-state index in [1.165, 1.54) is 18.2 Å². The smallest absolute Gasteiger partial charge is 0.262 e. The van der Waals surface area contributed by atoms with Crippen molar-refractivity contribution in [1.82, 2.24) is 5.32 Å². The van der Waals surface area contributed by atoms with Gasteiger partial charge in [0.15, 0.2) is 0 Å². The van der Waals surface area contributed by atoms with Crippen LogP contribution in [-0.2, 0) is 19.6 Å². The Balaban J connectivity index is 2.07. The fourth-order valence-corrected chi connectivity index (χ4v) is 2.82. The maximum atomic E-state index is 12.1. The van der Waals surface area contributed by atoms with E-state index in [1.54, 1.807) is 24.3 Å². The highest BCUT2D eigenvalue weighted by molar-refractivity contribution is 7.89. The van der Waals surface area contributed by atoms with E-state index in [-0.39, 0.29) is 10.5 Å². The van der Waals surface area contributed by atoms with Crippen molar-refractivity contribution >= 4 is 22.0 Å². The van der Waals surface area contributed by atoms with Crippen LogP contribution in [0.1, 0.15) is 19.1 Å². The first kappa shape index (κ1) is 21.4. The van der Waals surface area contributed by atoms with Gasteiger partial charge in [0.25, 0.3) is 5.91 Å². The molecule has 0 aliphatic heterocycles. The number of hydrogen-bond donors (Lipinski definition) is 2. The summed E-state index contributed by atoms with van der Waals surface area (Å²) >= 11 is 0. The first-order chi connectivity index (χ1) is 13.3. The zero-order valence-corrected chi connectivity index (χ0v) is 16.2. The quantitative estimate of drug-likeness (QED) is 0.374. The third kappa shape index (κ3) is 6.06. The molecule has 0 radical (unpaired) electrons. The third-order valence-electron chi connectivity index (χ3n) is 3.70. The molecule has 1 amide bonds. The van der Waals surface area contributed by atoms with Crippen LogP contribution in [0, 0.1) is 11.3 Å². The summed E-state index contributed by atoms with van der Waals surface area (Å²) in [6.45, 7) is 3.44. The Morgan fingerprint density at radius 2 is 2.00 bits per heavy atom. The van der Waals surface area contributed by atoms with Gasteiger partial charge in [0, 0.05) is 31.4 Å². The van der Waals surface area contributed by atoms with Gasteiger partial charge in [-0.05, 0) is 49.7 Å². The third-order valence-corrected chi connectivity index (χ3v) is 4.63. The molecule has 0 bridgehead atoms. The molecule has 1 heterocycles. The fraction of sp³-hybridized carbons (Fsp3) is 0.263. The van der Waals surface area contributed by atoms with Gasteiger partial charge in [-0.1, -0.05) is 0 Å². The average molecular weight is 403 g/mol. The van der Waals surface area contributed by atoms with Crippen LogP contribution >= 0.6 is 0 Å². The monoisotopic (exact) mass is 403 g/mol. The Morgan fingerprint density at radius 3 is 2.61 bits per heavy atom. The van der Waals surface area contributed by atoms with Crippen LogP contribution in [0.5, 0.6) is 0 Å². The predicted molar refractivity (Wildman–Crippen MR) is 103 cm³/mol. The van der Waals surface area contributed by atoms with Gasteiger partial charge in [0.05, 0.1) is 4.90 Å². The summed E-state index contributed by atoms with van der Waals surface area (Å²) in [5, 5.41) is 16.9. The van der Waals surface area contributed by atoms with Gasteiger partial charge in [-0.3, -0.25) is 4.79 Å². The summed E-state index contributed by atoms with van der Waals surface area (Å²) in [6, 6.07) is 11.0. The average Bonchev–Trinajstić information content (AvgIpc) is 3.14. The first-order valence-electron chi connectivity index (χ1n) is 8.56. The second kappa shape index (κ2) is 9.85. The summed E-state index contributed by atoms with van der Waals surface area (Å²) in [4.78, 5) is 12.1. The van der Waals surface area contributed by atoms with Crippen molar-refractivity contribution in [3.8, 4) is 17.4 Å². The number of nitrogens with two attached hydrogens (primary N) is 1. The van der Waals surface area contributed by atoms with Crippen molar-refractivity contribution in [3.63, 3.8) is 0 Å². The number of sulfonamides is 1. The van der Waals surface area contributed by atoms with Crippen molar-refractivity contribution in [1.29, 1.82) is 5.26 Å². The fourth-order valence-electron chi connectivity index (χ4n) is 2.30. The standard InChI is InChI=1S/C19H21N3O5S/c1-2-26-11-3-10-22-19(23)15(13-20)12-16-6-9-18(27-16)14-4-7-17(8-5-14)28(21,24)25/h4-9,12H,2-3,10-11H2,1H3,(H,22,23)(H2,21,24,25)/b15-12-. The van der Waals surface area contributed by atoms with E-state index in [9.17, 15) is 18.5 Å². The summed E-state index contributed by atoms with van der Waals surface area (Å²) in [6.07, 6.45) is 2.00. The highest BCUT2D eigenvalue weighted by atomic mass is 32.2. The van der Waals surface area contributed by atoms with Crippen molar-refractivity contribution in [2.24, 2.45) is 5.14 Å². The van der Waals surface area contributed by atoms with Gasteiger partial charge in [-0.2, -0.15) is 5.26 Å². The van der Waals surface area contributed by atoms with Gasteiger partial charge in [-0.25, -0.2) is 13.6 Å². The lowest BCUT2D eigenvalue weighted by Gasteiger charge is -2.04. The minimum Gasteiger partial charge on any atom is -0.457 e. The largest absolute Gasteiger partial charge is 0.457 e. The number of benzene rings is 1. The molecule has 0 aliphatic carbocycles. The van der Waals surface area contributed by atoms with Crippen LogP contribution in [0.2, 0.25) is 0 Å². The summed E-state index contributed by atoms with van der Waals surface area (Å²) in [5.74, 6) is 0.294. The van der Waals surface area contributed by atoms with Gasteiger partial charge in [-0.15, -0.1) is 0 Å². The minimum atomic E-state index is -3.77. The summed E-state index contributed by atoms with van der Waals surface area (Å²) < 4.78 is 33.4. The maximum Gasteiger partial charge on any atom is 0.262 e. The molecule has 8 nitrogen and oxygen atoms in total. The molecule has 0 fully saturated rings. The summed E-state index contributed by atoms with van der Waals surface area (Å²) in [5.41, 5.74) is 0.549. The summed E-state index contributed by atoms with van der Waals surface area (Å²) in [7, 11) is -3.77. The lowest BCUT2D eigenvalue weighted by molar-refractivity contribution is -0.117. The van der Waals surface area contributed by atoms with Crippen LogP contribution in [0.25, 0.3) is 17.4 Å². The van der Waals surface area contributed by atoms with Crippen molar-refractivity contribution in [3.05, 3.63) is 47.7 Å². The number of nitrogens with zero attached hydrogens (tertiary/aromatic N) is 1. The van der Waals surface area contributed by atoms with Crippen LogP contribution in [-0.4, -0.2) is 34.1 Å². The van der Waals surface area contributed by atoms with Crippen LogP contribution in [0.15, 0.2) is 51.3 Å². The number of ether oxygens (including phenoxy) is 1. The van der Waals surface area contributed by atoms with Crippen LogP contribution < -0.4 is 10.5 Å². The highest BCUT2D eigenvalue weighted by Crippen LogP contribution is 2.24. The molecule has 1 aromatic heterocycles. The molecular weight excluding hydrogens is 382 g/mol. The molecule has 0 saturated heterocycles. The SMILES string of the molecule is CCOCCCNC(=O)/C(C#N)=C\c1ccc(-c2ccc(S(N)(=O)=O)cc2)o1. The Hall–Kier alpha value is -2.93. The number of amides is 1. The molecule has 1 aromatic carbocycles. The normalized spacial score (nSPS) is 11.8. The predicted octanol–water partition coefficient (Wildman–Crippen LogP) is 2.04. The zero-order chi connectivity index (χ0) is 20.6. The van der Waals surface area contributed by atoms with E-state index in [2.05, 4.69) is 5.32 Å². The molecule has 0 spiro atoms.